The van der Waals surface area contributed by atoms with Crippen LogP contribution in [0.4, 0.5) is 0 Å². The van der Waals surface area contributed by atoms with E-state index in [1.54, 1.807) is 49.8 Å². The number of nitrogens with one attached hydrogen (secondary N) is 21. The van der Waals surface area contributed by atoms with Gasteiger partial charge in [-0.2, -0.15) is 23.5 Å². The number of aliphatic carboxylic acids is 1. The predicted molar refractivity (Wildman–Crippen MR) is 468 cm³/mol. The molecule has 46 nitrogen and oxygen atoms in total. The normalized spacial score (nSPS) is 21.6. The fraction of sp³-hybridized carbons (Fsp3) is 0.547. The van der Waals surface area contributed by atoms with Crippen molar-refractivity contribution >= 4 is 158 Å². The van der Waals surface area contributed by atoms with Crippen molar-refractivity contribution in [2.45, 2.75) is 176 Å². The Balaban J connectivity index is 1.96. The lowest BCUT2D eigenvalue weighted by molar-refractivity contribution is -0.141. The van der Waals surface area contributed by atoms with Crippen molar-refractivity contribution in [3.8, 4) is 5.75 Å². The molecule has 0 radical (unpaired) electrons. The molecule has 125 heavy (non-hydrogen) atoms. The largest absolute Gasteiger partial charge is 0.508 e. The number of aliphatic hydroxyl groups is 1. The highest BCUT2D eigenvalue weighted by atomic mass is 33.1. The van der Waals surface area contributed by atoms with Gasteiger partial charge in [-0.25, -0.2) is 4.98 Å². The van der Waals surface area contributed by atoms with Crippen molar-refractivity contribution in [3.63, 3.8) is 0 Å². The molecule has 15 amide bonds. The molecule has 2 aromatic carbocycles. The lowest BCUT2D eigenvalue weighted by atomic mass is 9.97. The quantitative estimate of drug-likeness (QED) is 0.0111. The smallest absolute Gasteiger partial charge is 0.305 e. The number of primary amides is 1. The number of nitrogens with zero attached hydrogens (tertiary/aromatic N) is 1. The maximum atomic E-state index is 15.1. The number of imidazole rings is 1. The Labute approximate surface area is 737 Å². The van der Waals surface area contributed by atoms with Crippen LogP contribution in [0.2, 0.25) is 0 Å². The number of hydrogen-bond donors (Lipinski definition) is 29. The second-order valence-corrected chi connectivity index (χ2v) is 33.3. The number of nitrogens with two attached hydrogens (primary N) is 5. The molecule has 0 saturated carbocycles. The first-order chi connectivity index (χ1) is 59.4. The van der Waals surface area contributed by atoms with Gasteiger partial charge < -0.3 is 139 Å². The highest BCUT2D eigenvalue weighted by Gasteiger charge is 2.39. The standard InChI is InChI=1S/C75H117N27O19S4/c1-5-39(2)59-72(121)99-53(35-103)69(118)101-55(71(120)96-50(29-41-17-19-43(104)20-18-41)66(115)92-45(60(77)109)14-9-23-85-73(78)79)37-125-124-36-54(100-61(110)44(76)21-26-122-3)70(119)97-51(30-42-32-84-38-90-42)67(116)95-49(28-40-12-7-6-8-13-40)62(111)89-33-56(105)88-34-57(106)91-46(15-10-24-86-74(80)81)63(112)94-48(22-27-123-4)64(113)98-52(31-58(107)108)68(117)93-47(65(114)102-59)16-11-25-87-75(82)83/h6-8,12-13,17-20,32,38-39,44-55,59,103-104H,5,9-11,14-16,21-31,33-37,76H2,1-4H3,(H2,77,109)(H,84,90)(H,88,105)(H,89,111)(H,91,106)(H,92,115)(H,93,117)(H,94,112)(H,95,116)(H,96,120)(H,97,119)(H,98,113)(H,99,121)(H,100,110)(H,101,118)(H,102,114)(H,107,108)(H4,78,79,85)(H4,80,81,86)(H4,82,83,87)/t39-,44-,45-,46-,47-,48-,49-,50-,51-,52-,53-,54-,55-,59+/m0/s1. The number of thioether (sulfide) groups is 2. The summed E-state index contributed by atoms with van der Waals surface area (Å²) in [6.07, 6.45) is 3.53. The molecule has 0 aliphatic carbocycles. The number of amides is 15. The summed E-state index contributed by atoms with van der Waals surface area (Å²) in [7, 11) is 1.59. The summed E-state index contributed by atoms with van der Waals surface area (Å²) in [5, 5.41) is 96.9. The third-order valence-electron chi connectivity index (χ3n) is 18.9. The van der Waals surface area contributed by atoms with E-state index in [0.29, 0.717) is 16.9 Å². The highest BCUT2D eigenvalue weighted by Crippen LogP contribution is 2.25. The van der Waals surface area contributed by atoms with Gasteiger partial charge in [-0.1, -0.05) is 84.3 Å². The lowest BCUT2D eigenvalue weighted by Crippen LogP contribution is -2.62. The van der Waals surface area contributed by atoms with E-state index >= 15 is 4.79 Å². The van der Waals surface area contributed by atoms with Crippen LogP contribution in [0.25, 0.3) is 0 Å². The van der Waals surface area contributed by atoms with E-state index in [9.17, 15) is 87.2 Å². The molecule has 1 saturated heterocycles. The Morgan fingerprint density at radius 3 is 1.66 bits per heavy atom. The van der Waals surface area contributed by atoms with Gasteiger partial charge in [-0.15, -0.1) is 0 Å². The summed E-state index contributed by atoms with van der Waals surface area (Å²) >= 11 is 2.59. The first-order valence-corrected chi connectivity index (χ1v) is 45.0. The fourth-order valence-corrected chi connectivity index (χ4v) is 15.2. The number of aliphatic hydroxyl groups excluding tert-OH is 1. The summed E-state index contributed by atoms with van der Waals surface area (Å²) in [6, 6.07) is -7.73. The number of carbonyl (C=O) groups excluding carboxylic acids is 15. The van der Waals surface area contributed by atoms with Crippen LogP contribution < -0.4 is 119 Å². The van der Waals surface area contributed by atoms with Crippen molar-refractivity contribution < 1.29 is 92.0 Å². The minimum Gasteiger partial charge on any atom is -0.508 e. The number of H-pyrrole nitrogens is 1. The first-order valence-electron chi connectivity index (χ1n) is 39.8. The van der Waals surface area contributed by atoms with Crippen LogP contribution >= 0.6 is 45.1 Å². The number of carboxylic acid groups (broad SMARTS) is 1. The maximum absolute atomic E-state index is 15.1. The summed E-state index contributed by atoms with van der Waals surface area (Å²) < 4.78 is 0. The molecule has 690 valence electrons. The van der Waals surface area contributed by atoms with Crippen LogP contribution in [-0.2, 0) is 96.0 Å². The minimum atomic E-state index is -2.02. The fourth-order valence-electron chi connectivity index (χ4n) is 11.9. The van der Waals surface area contributed by atoms with Gasteiger partial charge >= 0.3 is 5.97 Å². The predicted octanol–water partition coefficient (Wildman–Crippen LogP) is -7.79. The number of carboxylic acids is 1. The molecular formula is C75H117N27O19S4. The molecule has 1 fully saturated rings. The van der Waals surface area contributed by atoms with E-state index in [2.05, 4.69) is 100 Å². The molecule has 1 aromatic heterocycles. The molecule has 0 unspecified atom stereocenters. The van der Waals surface area contributed by atoms with E-state index in [0.717, 1.165) is 21.6 Å². The van der Waals surface area contributed by atoms with Gasteiger partial charge in [0.1, 0.15) is 78.3 Å². The van der Waals surface area contributed by atoms with Gasteiger partial charge in [-0.05, 0) is 105 Å². The maximum Gasteiger partial charge on any atom is 0.305 e. The summed E-state index contributed by atoms with van der Waals surface area (Å²) in [6.45, 7) is 0.224. The van der Waals surface area contributed by atoms with E-state index in [-0.39, 0.29) is 120 Å². The molecule has 4 rings (SSSR count). The molecule has 50 heteroatoms. The topological polar surface area (TPSA) is 769 Å². The van der Waals surface area contributed by atoms with Crippen molar-refractivity contribution in [2.75, 3.05) is 74.9 Å². The van der Waals surface area contributed by atoms with Gasteiger partial charge in [0.2, 0.25) is 88.6 Å². The molecule has 1 aliphatic heterocycles. The van der Waals surface area contributed by atoms with Crippen LogP contribution in [0.5, 0.6) is 5.75 Å². The lowest BCUT2D eigenvalue weighted by Gasteiger charge is -2.29. The zero-order chi connectivity index (χ0) is 92.7. The number of benzene rings is 2. The average molecular weight is 1830 g/mol. The van der Waals surface area contributed by atoms with E-state index in [1.165, 1.54) is 67.2 Å². The van der Waals surface area contributed by atoms with Crippen molar-refractivity contribution in [1.82, 2.24) is 100 Å². The average Bonchev–Trinajstić information content (AvgIpc) is 1.65. The number of hydrogen-bond acceptors (Lipinski definition) is 27. The number of phenols is 1. The van der Waals surface area contributed by atoms with Gasteiger partial charge in [0.15, 0.2) is 17.9 Å². The molecule has 2 heterocycles. The van der Waals surface area contributed by atoms with Gasteiger partial charge in [0.25, 0.3) is 0 Å². The number of rotatable bonds is 36. The Bertz CT molecular complexity index is 4130. The molecule has 0 spiro atoms. The van der Waals surface area contributed by atoms with E-state index in [1.807, 2.05) is 0 Å². The zero-order valence-electron chi connectivity index (χ0n) is 69.5. The Morgan fingerprint density at radius 2 is 1.09 bits per heavy atom. The number of aromatic hydroxyl groups is 1. The molecule has 3 aromatic rings. The summed E-state index contributed by atoms with van der Waals surface area (Å²) in [4.78, 5) is 235. The van der Waals surface area contributed by atoms with Crippen LogP contribution in [0.3, 0.4) is 0 Å². The molecule has 14 atom stereocenters. The van der Waals surface area contributed by atoms with Gasteiger partial charge in [-0.3, -0.25) is 92.9 Å². The summed E-state index contributed by atoms with van der Waals surface area (Å²) in [5.41, 5.74) is 29.6. The third-order valence-corrected chi connectivity index (χ3v) is 22.7. The first kappa shape index (κ1) is 105. The minimum absolute atomic E-state index is 0.00867. The molecular weight excluding hydrogens is 1710 g/mol. The van der Waals surface area contributed by atoms with Crippen LogP contribution in [0, 0.1) is 22.1 Å². The highest BCUT2D eigenvalue weighted by molar-refractivity contribution is 8.76. The second kappa shape index (κ2) is 56.8. The van der Waals surface area contributed by atoms with Gasteiger partial charge in [0.05, 0.1) is 44.2 Å². The molecule has 0 bridgehead atoms. The van der Waals surface area contributed by atoms with Crippen molar-refractivity contribution in [2.24, 2.45) is 34.6 Å². The number of aromatic amines is 1. The van der Waals surface area contributed by atoms with Crippen LogP contribution in [-0.4, -0.2) is 291 Å². The van der Waals surface area contributed by atoms with Crippen LogP contribution in [0.1, 0.15) is 94.9 Å². The number of phenolic OH excluding ortho intramolecular Hbond substituents is 1. The number of guanidine groups is 3. The van der Waals surface area contributed by atoms with E-state index < -0.39 is 229 Å². The Hall–Kier alpha value is -11.9. The van der Waals surface area contributed by atoms with Gasteiger partial charge in [0, 0.05) is 56.6 Å². The SMILES string of the molecule is CC[C@H](C)[C@H]1NC(=O)[C@H](CCCNC(=N)N)NC(=O)[C@H](CC(=O)O)NC(=O)[C@H](CCSC)NC(=O)[C@H](CCCNC(=N)N)NC(=O)CNC(=O)CNC(=O)[C@H](Cc2ccccc2)NC(=O)[C@H](Cc2c[nH]cn2)NC(=O)[C@@H](NC(=O)[C@@H](N)CCSC)CSSC[C@@H](C(=O)N[C@@H](Cc2ccc(O)cc2)C(=O)N[C@@H](CCCNC(=N)N)C(N)=O)NC(=O)[C@H](CO)NC1=O. The summed E-state index contributed by atoms with van der Waals surface area (Å²) in [5.74, 6) is -20.3. The monoisotopic (exact) mass is 1830 g/mol. The molecule has 1 aliphatic rings. The molecule has 34 N–H and O–H groups in total. The van der Waals surface area contributed by atoms with Crippen molar-refractivity contribution in [3.05, 3.63) is 83.9 Å². The number of carbonyl (C=O) groups is 16. The third kappa shape index (κ3) is 40.5. The Morgan fingerprint density at radius 1 is 0.560 bits per heavy atom. The zero-order valence-corrected chi connectivity index (χ0v) is 72.8. The number of aromatic nitrogens is 2. The van der Waals surface area contributed by atoms with Crippen molar-refractivity contribution in [1.29, 1.82) is 16.2 Å². The second-order valence-electron chi connectivity index (χ2n) is 28.8. The Kier molecular flexibility index (Phi) is 47.9. The van der Waals surface area contributed by atoms with Crippen LogP contribution in [0.15, 0.2) is 67.1 Å². The van der Waals surface area contributed by atoms with E-state index in [4.69, 9.17) is 44.9 Å².